The molecular formula is C15H16O4. The van der Waals surface area contributed by atoms with Gasteiger partial charge in [-0.05, 0) is 54.4 Å². The SMILES string of the molecule is COC(=O)c1cc2c(cc1C(=O)OC)C1CCC2C1. The Kier molecular flexibility index (Phi) is 2.81. The third kappa shape index (κ3) is 1.74. The third-order valence-corrected chi connectivity index (χ3v) is 4.35. The summed E-state index contributed by atoms with van der Waals surface area (Å²) in [5.74, 6) is 0.113. The third-order valence-electron chi connectivity index (χ3n) is 4.35. The standard InChI is InChI=1S/C15H16O4/c1-18-14(16)12-6-10-8-3-4-9(5-8)11(10)7-13(12)15(17)19-2/h6-9H,3-5H2,1-2H3. The average molecular weight is 260 g/mol. The minimum absolute atomic E-state index is 0.320. The summed E-state index contributed by atoms with van der Waals surface area (Å²) in [6.07, 6.45) is 3.49. The number of carbonyl (C=O) groups is 2. The first-order valence-corrected chi connectivity index (χ1v) is 6.50. The van der Waals surface area contributed by atoms with E-state index in [0.29, 0.717) is 23.0 Å². The quantitative estimate of drug-likeness (QED) is 0.767. The van der Waals surface area contributed by atoms with E-state index < -0.39 is 11.9 Å². The van der Waals surface area contributed by atoms with Crippen molar-refractivity contribution < 1.29 is 19.1 Å². The molecule has 19 heavy (non-hydrogen) atoms. The highest BCUT2D eigenvalue weighted by atomic mass is 16.5. The molecule has 2 unspecified atom stereocenters. The van der Waals surface area contributed by atoms with Crippen LogP contribution in [0.3, 0.4) is 0 Å². The molecular weight excluding hydrogens is 244 g/mol. The minimum Gasteiger partial charge on any atom is -0.465 e. The van der Waals surface area contributed by atoms with E-state index in [1.165, 1.54) is 38.2 Å². The normalized spacial score (nSPS) is 23.1. The van der Waals surface area contributed by atoms with Gasteiger partial charge < -0.3 is 9.47 Å². The predicted octanol–water partition coefficient (Wildman–Crippen LogP) is 2.62. The molecule has 0 saturated heterocycles. The lowest BCUT2D eigenvalue weighted by Gasteiger charge is -2.17. The van der Waals surface area contributed by atoms with Gasteiger partial charge in [-0.3, -0.25) is 0 Å². The van der Waals surface area contributed by atoms with Crippen molar-refractivity contribution >= 4 is 11.9 Å². The first-order valence-electron chi connectivity index (χ1n) is 6.50. The second-order valence-electron chi connectivity index (χ2n) is 5.22. The van der Waals surface area contributed by atoms with E-state index in [1.54, 1.807) is 0 Å². The van der Waals surface area contributed by atoms with Crippen molar-refractivity contribution in [1.29, 1.82) is 0 Å². The van der Waals surface area contributed by atoms with Crippen LogP contribution in [-0.4, -0.2) is 26.2 Å². The van der Waals surface area contributed by atoms with Gasteiger partial charge in [-0.15, -0.1) is 0 Å². The second kappa shape index (κ2) is 4.37. The topological polar surface area (TPSA) is 52.6 Å². The van der Waals surface area contributed by atoms with Gasteiger partial charge in [-0.25, -0.2) is 9.59 Å². The summed E-state index contributed by atoms with van der Waals surface area (Å²) in [7, 11) is 2.64. The Hall–Kier alpha value is -1.84. The number of esters is 2. The minimum atomic E-state index is -0.481. The fraction of sp³-hybridized carbons (Fsp3) is 0.467. The number of carbonyl (C=O) groups excluding carboxylic acids is 2. The number of fused-ring (bicyclic) bond motifs is 5. The van der Waals surface area contributed by atoms with E-state index in [-0.39, 0.29) is 0 Å². The van der Waals surface area contributed by atoms with Crippen LogP contribution in [0.4, 0.5) is 0 Å². The van der Waals surface area contributed by atoms with E-state index in [0.717, 1.165) is 6.42 Å². The van der Waals surface area contributed by atoms with Gasteiger partial charge >= 0.3 is 11.9 Å². The summed E-state index contributed by atoms with van der Waals surface area (Å²) >= 11 is 0. The van der Waals surface area contributed by atoms with Crippen LogP contribution >= 0.6 is 0 Å². The highest BCUT2D eigenvalue weighted by Crippen LogP contribution is 2.53. The number of hydrogen-bond donors (Lipinski definition) is 0. The van der Waals surface area contributed by atoms with Gasteiger partial charge in [-0.2, -0.15) is 0 Å². The largest absolute Gasteiger partial charge is 0.465 e. The highest BCUT2D eigenvalue weighted by Gasteiger charge is 2.38. The predicted molar refractivity (Wildman–Crippen MR) is 68.5 cm³/mol. The lowest BCUT2D eigenvalue weighted by molar-refractivity contribution is 0.0555. The molecule has 0 N–H and O–H groups in total. The Morgan fingerprint density at radius 2 is 1.37 bits per heavy atom. The molecule has 1 aromatic rings. The molecule has 2 bridgehead atoms. The van der Waals surface area contributed by atoms with Crippen LogP contribution in [0.15, 0.2) is 12.1 Å². The molecule has 0 heterocycles. The van der Waals surface area contributed by atoms with E-state index in [4.69, 9.17) is 9.47 Å². The monoisotopic (exact) mass is 260 g/mol. The molecule has 1 saturated carbocycles. The summed E-state index contributed by atoms with van der Waals surface area (Å²) in [4.78, 5) is 23.7. The van der Waals surface area contributed by atoms with Crippen LogP contribution in [0.1, 0.15) is 62.9 Å². The van der Waals surface area contributed by atoms with E-state index in [1.807, 2.05) is 12.1 Å². The molecule has 4 nitrogen and oxygen atoms in total. The Labute approximate surface area is 111 Å². The lowest BCUT2D eigenvalue weighted by atomic mass is 9.88. The molecule has 0 aromatic heterocycles. The summed E-state index contributed by atoms with van der Waals surface area (Å²) in [6.45, 7) is 0. The number of hydrogen-bond acceptors (Lipinski definition) is 4. The van der Waals surface area contributed by atoms with Crippen molar-refractivity contribution in [1.82, 2.24) is 0 Å². The summed E-state index contributed by atoms with van der Waals surface area (Å²) in [5.41, 5.74) is 3.06. The van der Waals surface area contributed by atoms with Gasteiger partial charge in [0, 0.05) is 0 Å². The summed E-state index contributed by atoms with van der Waals surface area (Å²) < 4.78 is 9.53. The van der Waals surface area contributed by atoms with Crippen LogP contribution < -0.4 is 0 Å². The van der Waals surface area contributed by atoms with Gasteiger partial charge in [0.15, 0.2) is 0 Å². The zero-order valence-corrected chi connectivity index (χ0v) is 11.1. The average Bonchev–Trinajstić information content (AvgIpc) is 3.05. The Morgan fingerprint density at radius 3 is 1.74 bits per heavy atom. The fourth-order valence-corrected chi connectivity index (χ4v) is 3.44. The molecule has 1 fully saturated rings. The van der Waals surface area contributed by atoms with Crippen molar-refractivity contribution in [3.8, 4) is 0 Å². The maximum atomic E-state index is 11.8. The van der Waals surface area contributed by atoms with Gasteiger partial charge in [-0.1, -0.05) is 0 Å². The van der Waals surface area contributed by atoms with Crippen molar-refractivity contribution in [2.75, 3.05) is 14.2 Å². The lowest BCUT2D eigenvalue weighted by Crippen LogP contribution is -2.14. The summed E-state index contributed by atoms with van der Waals surface area (Å²) in [6, 6.07) is 3.66. The Balaban J connectivity index is 2.15. The maximum absolute atomic E-state index is 11.8. The summed E-state index contributed by atoms with van der Waals surface area (Å²) in [5, 5.41) is 0. The molecule has 2 aliphatic rings. The number of rotatable bonds is 2. The van der Waals surface area contributed by atoms with E-state index in [2.05, 4.69) is 0 Å². The molecule has 2 aliphatic carbocycles. The zero-order valence-electron chi connectivity index (χ0n) is 11.1. The van der Waals surface area contributed by atoms with Gasteiger partial charge in [0.1, 0.15) is 0 Å². The Bertz CT molecular complexity index is 513. The van der Waals surface area contributed by atoms with E-state index in [9.17, 15) is 9.59 Å². The zero-order chi connectivity index (χ0) is 13.6. The second-order valence-corrected chi connectivity index (χ2v) is 5.22. The van der Waals surface area contributed by atoms with Crippen LogP contribution in [0.25, 0.3) is 0 Å². The number of methoxy groups -OCH3 is 2. The molecule has 0 aliphatic heterocycles. The molecule has 3 rings (SSSR count). The van der Waals surface area contributed by atoms with Crippen molar-refractivity contribution in [2.45, 2.75) is 31.1 Å². The van der Waals surface area contributed by atoms with E-state index >= 15 is 0 Å². The molecule has 1 aromatic carbocycles. The van der Waals surface area contributed by atoms with Crippen molar-refractivity contribution in [3.63, 3.8) is 0 Å². The number of ether oxygens (including phenoxy) is 2. The highest BCUT2D eigenvalue weighted by molar-refractivity contribution is 6.03. The molecule has 2 atom stereocenters. The van der Waals surface area contributed by atoms with Crippen LogP contribution in [0.2, 0.25) is 0 Å². The smallest absolute Gasteiger partial charge is 0.338 e. The first-order chi connectivity index (χ1) is 9.15. The van der Waals surface area contributed by atoms with Gasteiger partial charge in [0.25, 0.3) is 0 Å². The van der Waals surface area contributed by atoms with Crippen molar-refractivity contribution in [3.05, 3.63) is 34.4 Å². The first kappa shape index (κ1) is 12.2. The van der Waals surface area contributed by atoms with Crippen LogP contribution in [-0.2, 0) is 9.47 Å². The van der Waals surface area contributed by atoms with Gasteiger partial charge in [0.05, 0.1) is 25.3 Å². The molecule has 0 spiro atoms. The van der Waals surface area contributed by atoms with Crippen LogP contribution in [0.5, 0.6) is 0 Å². The van der Waals surface area contributed by atoms with Gasteiger partial charge in [0.2, 0.25) is 0 Å². The Morgan fingerprint density at radius 1 is 0.947 bits per heavy atom. The molecule has 0 radical (unpaired) electrons. The molecule has 4 heteroatoms. The molecule has 100 valence electrons. The van der Waals surface area contributed by atoms with Crippen molar-refractivity contribution in [2.24, 2.45) is 0 Å². The maximum Gasteiger partial charge on any atom is 0.338 e. The number of benzene rings is 1. The molecule has 0 amide bonds. The fourth-order valence-electron chi connectivity index (χ4n) is 3.44. The van der Waals surface area contributed by atoms with Crippen LogP contribution in [0, 0.1) is 0 Å².